The fourth-order valence-corrected chi connectivity index (χ4v) is 6.70. The van der Waals surface area contributed by atoms with Gasteiger partial charge in [-0.15, -0.1) is 0 Å². The van der Waals surface area contributed by atoms with Crippen molar-refractivity contribution in [1.29, 1.82) is 0 Å². The van der Waals surface area contributed by atoms with E-state index < -0.39 is 124 Å². The Hall–Kier alpha value is -3.70. The second kappa shape index (κ2) is 17.0. The molecule has 1 amide bonds. The smallest absolute Gasteiger partial charge is 0.475 e. The van der Waals surface area contributed by atoms with Crippen LogP contribution in [0.5, 0.6) is 0 Å². The highest BCUT2D eigenvalue weighted by Crippen LogP contribution is 2.52. The molecular formula is C30H41N4O17P. The molecule has 0 saturated carbocycles. The van der Waals surface area contributed by atoms with Crippen LogP contribution in [0, 0.1) is 5.92 Å². The van der Waals surface area contributed by atoms with Gasteiger partial charge in [-0.2, -0.15) is 4.98 Å². The number of nitrogens with two attached hydrogens (primary N) is 1. The number of anilines is 1. The van der Waals surface area contributed by atoms with E-state index in [-0.39, 0.29) is 11.4 Å². The first-order valence-electron chi connectivity index (χ1n) is 15.9. The van der Waals surface area contributed by atoms with E-state index in [2.05, 4.69) is 10.3 Å². The van der Waals surface area contributed by atoms with Crippen LogP contribution in [0.1, 0.15) is 41.9 Å². The van der Waals surface area contributed by atoms with Crippen LogP contribution in [0.4, 0.5) is 5.82 Å². The molecule has 0 bridgehead atoms. The Kier molecular flexibility index (Phi) is 13.4. The maximum Gasteiger partial charge on any atom is 0.475 e. The molecule has 4 rings (SSSR count). The molecule has 2 aliphatic rings. The summed E-state index contributed by atoms with van der Waals surface area (Å²) in [5.41, 5.74) is 5.71. The van der Waals surface area contributed by atoms with Crippen molar-refractivity contribution in [3.05, 3.63) is 58.1 Å². The van der Waals surface area contributed by atoms with Crippen molar-refractivity contribution >= 4 is 31.3 Å². The third-order valence-corrected chi connectivity index (χ3v) is 9.63. The van der Waals surface area contributed by atoms with E-state index in [1.165, 1.54) is 6.07 Å². The number of Topliss-reactive ketones (excluding diaryl/α,β-unsaturated/α-hetero) is 1. The number of nitrogens with one attached hydrogen (secondary N) is 1. The number of nitrogens with zero attached hydrogens (tertiary/aromatic N) is 2. The predicted octanol–water partition coefficient (Wildman–Crippen LogP) is -3.21. The topological polar surface area (TPSA) is 340 Å². The molecule has 11 atom stereocenters. The molecular weight excluding hydrogens is 719 g/mol. The molecule has 288 valence electrons. The van der Waals surface area contributed by atoms with Crippen LogP contribution in [-0.4, -0.2) is 136 Å². The number of rotatable bonds is 16. The Balaban J connectivity index is 1.46. The molecule has 2 aliphatic heterocycles. The van der Waals surface area contributed by atoms with Gasteiger partial charge in [-0.3, -0.25) is 18.7 Å². The summed E-state index contributed by atoms with van der Waals surface area (Å²) in [5.74, 6) is -8.37. The van der Waals surface area contributed by atoms with Gasteiger partial charge in [-0.25, -0.2) is 18.7 Å². The molecule has 3 heterocycles. The molecule has 0 aliphatic carbocycles. The van der Waals surface area contributed by atoms with E-state index in [4.69, 9.17) is 24.3 Å². The van der Waals surface area contributed by atoms with E-state index >= 15 is 0 Å². The SMILES string of the molecule is CCc1ccc(C(=O)NCC(=O)C[C@H]2C([C@H](O)[C@H](O)CO)O[C@](OP(=O)(O)OC[C@H]3O[C@@H](n4ccc(N)nc4=O)C(O)[C@H]3O)(C(=O)O)C[C@H]2O)cc1. The maximum absolute atomic E-state index is 13.1. The first-order valence-corrected chi connectivity index (χ1v) is 17.4. The lowest BCUT2D eigenvalue weighted by molar-refractivity contribution is -0.298. The summed E-state index contributed by atoms with van der Waals surface area (Å²) in [7, 11) is -5.60. The Morgan fingerprint density at radius 3 is 2.42 bits per heavy atom. The molecule has 1 aromatic heterocycles. The van der Waals surface area contributed by atoms with Crippen LogP contribution >= 0.6 is 7.82 Å². The monoisotopic (exact) mass is 760 g/mol. The number of benzene rings is 1. The number of aromatic nitrogens is 2. The third-order valence-electron chi connectivity index (χ3n) is 8.63. The number of nitrogen functional groups attached to an aromatic ring is 1. The first-order chi connectivity index (χ1) is 24.4. The number of phosphoric ester groups is 1. The van der Waals surface area contributed by atoms with Crippen LogP contribution in [0.15, 0.2) is 41.3 Å². The van der Waals surface area contributed by atoms with E-state index in [0.717, 1.165) is 22.7 Å². The number of ketones is 1. The Morgan fingerprint density at radius 2 is 1.83 bits per heavy atom. The summed E-state index contributed by atoms with van der Waals surface area (Å²) in [6.07, 6.45) is -14.9. The van der Waals surface area contributed by atoms with Crippen molar-refractivity contribution in [3.8, 4) is 0 Å². The number of hydrogen-bond donors (Lipinski definition) is 10. The van der Waals surface area contributed by atoms with Crippen molar-refractivity contribution in [3.63, 3.8) is 0 Å². The number of carboxylic acids is 1. The zero-order chi connectivity index (χ0) is 38.5. The van der Waals surface area contributed by atoms with Crippen molar-refractivity contribution in [2.24, 2.45) is 5.92 Å². The highest BCUT2D eigenvalue weighted by molar-refractivity contribution is 7.47. The zero-order valence-corrected chi connectivity index (χ0v) is 28.5. The number of aryl methyl sites for hydroxylation is 1. The van der Waals surface area contributed by atoms with Gasteiger partial charge < -0.3 is 61.2 Å². The number of aliphatic carboxylic acids is 1. The molecule has 21 nitrogen and oxygen atoms in total. The van der Waals surface area contributed by atoms with E-state index in [1.54, 1.807) is 24.3 Å². The van der Waals surface area contributed by atoms with Crippen LogP contribution in [0.2, 0.25) is 0 Å². The largest absolute Gasteiger partial charge is 0.477 e. The highest BCUT2D eigenvalue weighted by Gasteiger charge is 2.58. The van der Waals surface area contributed by atoms with Gasteiger partial charge in [0.1, 0.15) is 36.3 Å². The minimum absolute atomic E-state index is 0.147. The third kappa shape index (κ3) is 9.44. The Labute approximate surface area is 294 Å². The molecule has 1 aromatic carbocycles. The first kappa shape index (κ1) is 41.1. The van der Waals surface area contributed by atoms with Gasteiger partial charge in [0.05, 0.1) is 32.0 Å². The van der Waals surface area contributed by atoms with Gasteiger partial charge in [0, 0.05) is 30.5 Å². The second-order valence-electron chi connectivity index (χ2n) is 12.2. The lowest BCUT2D eigenvalue weighted by atomic mass is 9.80. The van der Waals surface area contributed by atoms with Crippen molar-refractivity contribution in [1.82, 2.24) is 14.9 Å². The van der Waals surface area contributed by atoms with E-state index in [0.29, 0.717) is 0 Å². The standard InChI is InChI=1S/C30H41N4O17P/c1-2-14-3-5-15(6-4-14)26(42)32-11-16(36)9-17-18(37)10-30(28(43)44,50-25(17)22(39)19(38)12-35)51-52(46,47)48-13-20-23(40)24(41)27(49-20)34-8-7-21(31)33-29(34)45/h3-8,17-20,22-25,27,35,37-41H,2,9-13H2,1H3,(H,32,42)(H,43,44)(H,46,47)(H2,31,33,45)/t17-,18-,19-,20-,22-,23+,24?,25?,27-,30-/m1/s1. The Bertz CT molecular complexity index is 1690. The Morgan fingerprint density at radius 1 is 1.15 bits per heavy atom. The number of phosphoric acid groups is 1. The number of aliphatic hydroxyl groups excluding tert-OH is 6. The average Bonchev–Trinajstić information content (AvgIpc) is 3.38. The summed E-state index contributed by atoms with van der Waals surface area (Å²) >= 11 is 0. The quantitative estimate of drug-likeness (QED) is 0.0753. The van der Waals surface area contributed by atoms with Crippen molar-refractivity contribution in [2.75, 3.05) is 25.5 Å². The summed E-state index contributed by atoms with van der Waals surface area (Å²) < 4.78 is 34.4. The predicted molar refractivity (Wildman–Crippen MR) is 172 cm³/mol. The molecule has 0 radical (unpaired) electrons. The van der Waals surface area contributed by atoms with Gasteiger partial charge >= 0.3 is 19.5 Å². The number of carboxylic acid groups (broad SMARTS) is 1. The van der Waals surface area contributed by atoms with Crippen LogP contribution in [-0.2, 0) is 39.1 Å². The van der Waals surface area contributed by atoms with Gasteiger partial charge in [0.2, 0.25) is 0 Å². The lowest BCUT2D eigenvalue weighted by Crippen LogP contribution is -2.62. The number of ether oxygens (including phenoxy) is 2. The van der Waals surface area contributed by atoms with Crippen molar-refractivity contribution < 1.29 is 78.1 Å². The minimum atomic E-state index is -5.60. The molecule has 22 heteroatoms. The van der Waals surface area contributed by atoms with Gasteiger partial charge in [-0.05, 0) is 30.2 Å². The zero-order valence-electron chi connectivity index (χ0n) is 27.6. The summed E-state index contributed by atoms with van der Waals surface area (Å²) in [6.45, 7) is -0.781. The lowest BCUT2D eigenvalue weighted by Gasteiger charge is -2.46. The maximum atomic E-state index is 13.1. The highest BCUT2D eigenvalue weighted by atomic mass is 31.2. The average molecular weight is 761 g/mol. The molecule has 52 heavy (non-hydrogen) atoms. The molecule has 3 unspecified atom stereocenters. The number of carbonyl (C=O) groups excluding carboxylic acids is 2. The molecule has 2 aromatic rings. The second-order valence-corrected chi connectivity index (χ2v) is 13.6. The van der Waals surface area contributed by atoms with E-state index in [1.807, 2.05) is 6.92 Å². The fraction of sp³-hybridized carbons (Fsp3) is 0.567. The summed E-state index contributed by atoms with van der Waals surface area (Å²) in [6, 6.07) is 7.77. The van der Waals surface area contributed by atoms with Crippen LogP contribution < -0.4 is 16.7 Å². The minimum Gasteiger partial charge on any atom is -0.477 e. The fourth-order valence-electron chi connectivity index (χ4n) is 5.74. The summed E-state index contributed by atoms with van der Waals surface area (Å²) in [5, 5.41) is 74.8. The van der Waals surface area contributed by atoms with Gasteiger partial charge in [0.15, 0.2) is 12.0 Å². The normalized spacial score (nSPS) is 29.9. The van der Waals surface area contributed by atoms with E-state index in [9.17, 15) is 64.4 Å². The van der Waals surface area contributed by atoms with Crippen molar-refractivity contribution in [2.45, 2.75) is 80.9 Å². The molecule has 0 spiro atoms. The van der Waals surface area contributed by atoms with Crippen LogP contribution in [0.3, 0.4) is 0 Å². The number of hydrogen-bond acceptors (Lipinski definition) is 17. The number of aliphatic hydroxyl groups is 6. The number of carbonyl (C=O) groups is 3. The van der Waals surface area contributed by atoms with Crippen LogP contribution in [0.25, 0.3) is 0 Å². The van der Waals surface area contributed by atoms with Gasteiger partial charge in [-0.1, -0.05) is 19.1 Å². The summed E-state index contributed by atoms with van der Waals surface area (Å²) in [4.78, 5) is 64.2. The van der Waals surface area contributed by atoms with Gasteiger partial charge in [0.25, 0.3) is 11.7 Å². The molecule has 2 fully saturated rings. The molecule has 2 saturated heterocycles. The molecule has 11 N–H and O–H groups in total. The number of amides is 1.